The minimum absolute atomic E-state index is 0.115. The van der Waals surface area contributed by atoms with Gasteiger partial charge in [0, 0.05) is 36.3 Å². The summed E-state index contributed by atoms with van der Waals surface area (Å²) in [6.45, 7) is 3.45. The molecule has 0 spiro atoms. The van der Waals surface area contributed by atoms with Crippen molar-refractivity contribution in [2.24, 2.45) is 0 Å². The third kappa shape index (κ3) is 3.62. The quantitative estimate of drug-likeness (QED) is 0.657. The van der Waals surface area contributed by atoms with Gasteiger partial charge in [0.05, 0.1) is 6.20 Å². The van der Waals surface area contributed by atoms with Crippen LogP contribution in [0, 0.1) is 6.92 Å². The van der Waals surface area contributed by atoms with Gasteiger partial charge in [-0.1, -0.05) is 17.3 Å². The summed E-state index contributed by atoms with van der Waals surface area (Å²) >= 11 is 0. The van der Waals surface area contributed by atoms with Crippen LogP contribution in [0.3, 0.4) is 0 Å². The van der Waals surface area contributed by atoms with Crippen LogP contribution in [0.25, 0.3) is 11.3 Å². The van der Waals surface area contributed by atoms with Gasteiger partial charge in [0.2, 0.25) is 0 Å². The van der Waals surface area contributed by atoms with Crippen molar-refractivity contribution in [1.82, 2.24) is 20.0 Å². The third-order valence-electron chi connectivity index (χ3n) is 5.67. The molecule has 1 saturated heterocycles. The molecule has 1 aromatic carbocycles. The highest BCUT2D eigenvalue weighted by Gasteiger charge is 2.39. The topological polar surface area (TPSA) is 88.5 Å². The van der Waals surface area contributed by atoms with Crippen molar-refractivity contribution in [2.75, 3.05) is 18.0 Å². The van der Waals surface area contributed by atoms with Gasteiger partial charge in [0.1, 0.15) is 0 Å². The Morgan fingerprint density at radius 3 is 2.41 bits per heavy atom. The van der Waals surface area contributed by atoms with Gasteiger partial charge >= 0.3 is 6.01 Å². The predicted octanol–water partition coefficient (Wildman–Crippen LogP) is 3.31. The molecule has 8 nitrogen and oxygen atoms in total. The van der Waals surface area contributed by atoms with Crippen LogP contribution >= 0.6 is 0 Å². The number of aryl methyl sites for hydroxylation is 1. The van der Waals surface area contributed by atoms with E-state index in [2.05, 4.69) is 24.9 Å². The summed E-state index contributed by atoms with van der Waals surface area (Å²) in [7, 11) is 0. The number of rotatable bonds is 5. The lowest BCUT2D eigenvalue weighted by Gasteiger charge is -2.38. The van der Waals surface area contributed by atoms with Crippen LogP contribution < -0.4 is 4.90 Å². The number of hydrogen-bond donors (Lipinski definition) is 0. The molecule has 3 aromatic rings. The molecule has 2 fully saturated rings. The van der Waals surface area contributed by atoms with Gasteiger partial charge in [-0.2, -0.15) is 4.98 Å². The normalized spacial score (nSPS) is 17.5. The molecule has 0 unspecified atom stereocenters. The summed E-state index contributed by atoms with van der Waals surface area (Å²) in [6, 6.07) is 8.77. The Kier molecular flexibility index (Phi) is 4.54. The van der Waals surface area contributed by atoms with Crippen molar-refractivity contribution >= 4 is 11.9 Å². The van der Waals surface area contributed by atoms with Gasteiger partial charge in [0.15, 0.2) is 18.0 Å². The monoisotopic (exact) mass is 393 g/mol. The summed E-state index contributed by atoms with van der Waals surface area (Å²) in [5.41, 5.74) is 1.63. The molecule has 2 aliphatic rings. The zero-order chi connectivity index (χ0) is 19.8. The van der Waals surface area contributed by atoms with Crippen LogP contribution in [0.5, 0.6) is 0 Å². The second-order valence-corrected chi connectivity index (χ2v) is 7.73. The first-order chi connectivity index (χ1) is 14.2. The van der Waals surface area contributed by atoms with Crippen molar-refractivity contribution in [2.45, 2.75) is 44.7 Å². The third-order valence-corrected chi connectivity index (χ3v) is 5.67. The van der Waals surface area contributed by atoms with E-state index >= 15 is 0 Å². The standard InChI is InChI=1S/C21H23N5O3/c1-14-23-21(29-24-14)25-10-8-18(9-11-25)26(17-6-7-17)20(27)16-4-2-15(3-5-16)19-12-22-13-28-19/h2-5,12-13,17-18H,6-11H2,1H3. The van der Waals surface area contributed by atoms with Crippen molar-refractivity contribution in [3.63, 3.8) is 0 Å². The van der Waals surface area contributed by atoms with E-state index in [1.165, 1.54) is 6.39 Å². The molecule has 1 amide bonds. The molecule has 0 atom stereocenters. The fraction of sp³-hybridized carbons (Fsp3) is 0.429. The zero-order valence-corrected chi connectivity index (χ0v) is 16.3. The Bertz CT molecular complexity index is 970. The first-order valence-electron chi connectivity index (χ1n) is 10.1. The molecule has 1 saturated carbocycles. The Hall–Kier alpha value is -3.16. The first-order valence-corrected chi connectivity index (χ1v) is 10.1. The van der Waals surface area contributed by atoms with Crippen molar-refractivity contribution in [1.29, 1.82) is 0 Å². The van der Waals surface area contributed by atoms with E-state index in [1.54, 1.807) is 6.20 Å². The molecule has 0 N–H and O–H groups in total. The van der Waals surface area contributed by atoms with E-state index in [1.807, 2.05) is 31.2 Å². The molecule has 2 aromatic heterocycles. The molecule has 3 heterocycles. The minimum atomic E-state index is 0.115. The highest BCUT2D eigenvalue weighted by Crippen LogP contribution is 2.34. The fourth-order valence-corrected chi connectivity index (χ4v) is 4.02. The van der Waals surface area contributed by atoms with Crippen LogP contribution in [0.15, 0.2) is 45.8 Å². The fourth-order valence-electron chi connectivity index (χ4n) is 4.02. The van der Waals surface area contributed by atoms with Crippen LogP contribution in [-0.4, -0.2) is 51.1 Å². The number of carbonyl (C=O) groups is 1. The lowest BCUT2D eigenvalue weighted by atomic mass is 10.0. The van der Waals surface area contributed by atoms with Crippen LogP contribution in [0.1, 0.15) is 41.9 Å². The number of hydrogen-bond acceptors (Lipinski definition) is 7. The Morgan fingerprint density at radius 2 is 1.83 bits per heavy atom. The maximum absolute atomic E-state index is 13.3. The maximum atomic E-state index is 13.3. The Morgan fingerprint density at radius 1 is 1.10 bits per heavy atom. The number of piperidine rings is 1. The molecule has 5 rings (SSSR count). The summed E-state index contributed by atoms with van der Waals surface area (Å²) < 4.78 is 10.6. The second kappa shape index (κ2) is 7.35. The largest absolute Gasteiger partial charge is 0.444 e. The van der Waals surface area contributed by atoms with Gasteiger partial charge in [-0.3, -0.25) is 4.79 Å². The van der Waals surface area contributed by atoms with Crippen molar-refractivity contribution in [3.8, 4) is 11.3 Å². The van der Waals surface area contributed by atoms with E-state index < -0.39 is 0 Å². The summed E-state index contributed by atoms with van der Waals surface area (Å²) in [5, 5.41) is 3.87. The molecule has 0 radical (unpaired) electrons. The van der Waals surface area contributed by atoms with Crippen molar-refractivity contribution in [3.05, 3.63) is 48.2 Å². The summed E-state index contributed by atoms with van der Waals surface area (Å²) in [4.78, 5) is 25.8. The number of nitrogens with zero attached hydrogens (tertiary/aromatic N) is 5. The molecular weight excluding hydrogens is 370 g/mol. The molecule has 29 heavy (non-hydrogen) atoms. The summed E-state index contributed by atoms with van der Waals surface area (Å²) in [6.07, 6.45) is 7.06. The Balaban J connectivity index is 1.28. The SMILES string of the molecule is Cc1noc(N2CCC(N(C(=O)c3ccc(-c4cnco4)cc3)C3CC3)CC2)n1. The minimum Gasteiger partial charge on any atom is -0.444 e. The van der Waals surface area contributed by atoms with Crippen LogP contribution in [-0.2, 0) is 0 Å². The van der Waals surface area contributed by atoms with Crippen molar-refractivity contribution < 1.29 is 13.7 Å². The van der Waals surface area contributed by atoms with E-state index in [4.69, 9.17) is 8.94 Å². The maximum Gasteiger partial charge on any atom is 0.324 e. The number of anilines is 1. The highest BCUT2D eigenvalue weighted by molar-refractivity contribution is 5.95. The van der Waals surface area contributed by atoms with E-state index in [0.29, 0.717) is 23.6 Å². The average molecular weight is 393 g/mol. The number of carbonyl (C=O) groups excluding carboxylic acids is 1. The molecule has 0 bridgehead atoms. The number of amides is 1. The average Bonchev–Trinajstić information content (AvgIpc) is 3.24. The van der Waals surface area contributed by atoms with Gasteiger partial charge in [0.25, 0.3) is 5.91 Å². The molecular formula is C21H23N5O3. The van der Waals surface area contributed by atoms with Gasteiger partial charge in [-0.25, -0.2) is 4.98 Å². The zero-order valence-electron chi connectivity index (χ0n) is 16.3. The Labute approximate surface area is 168 Å². The van der Waals surface area contributed by atoms with Gasteiger partial charge < -0.3 is 18.7 Å². The lowest BCUT2D eigenvalue weighted by molar-refractivity contribution is 0.0629. The smallest absolute Gasteiger partial charge is 0.324 e. The lowest BCUT2D eigenvalue weighted by Crippen LogP contribution is -2.48. The van der Waals surface area contributed by atoms with E-state index in [9.17, 15) is 4.79 Å². The highest BCUT2D eigenvalue weighted by atomic mass is 16.5. The van der Waals surface area contributed by atoms with Crippen LogP contribution in [0.2, 0.25) is 0 Å². The molecule has 1 aliphatic heterocycles. The number of oxazole rings is 1. The number of aromatic nitrogens is 3. The number of benzene rings is 1. The van der Waals surface area contributed by atoms with E-state index in [-0.39, 0.29) is 11.9 Å². The second-order valence-electron chi connectivity index (χ2n) is 7.73. The van der Waals surface area contributed by atoms with Gasteiger partial charge in [-0.15, -0.1) is 0 Å². The summed E-state index contributed by atoms with van der Waals surface area (Å²) in [5.74, 6) is 1.46. The molecule has 1 aliphatic carbocycles. The molecule has 150 valence electrons. The molecule has 8 heteroatoms. The predicted molar refractivity (Wildman–Crippen MR) is 105 cm³/mol. The first kappa shape index (κ1) is 17.9. The van der Waals surface area contributed by atoms with Gasteiger partial charge in [-0.05, 0) is 44.7 Å². The van der Waals surface area contributed by atoms with E-state index in [0.717, 1.165) is 49.9 Å². The van der Waals surface area contributed by atoms with Crippen LogP contribution in [0.4, 0.5) is 6.01 Å².